The van der Waals surface area contributed by atoms with Gasteiger partial charge in [0.2, 0.25) is 5.16 Å². The molecule has 0 spiro atoms. The van der Waals surface area contributed by atoms with E-state index in [0.717, 1.165) is 17.4 Å². The van der Waals surface area contributed by atoms with E-state index in [1.54, 1.807) is 18.2 Å². The second kappa shape index (κ2) is 7.84. The van der Waals surface area contributed by atoms with Gasteiger partial charge in [-0.05, 0) is 46.5 Å². The molecule has 0 radical (unpaired) electrons. The van der Waals surface area contributed by atoms with Crippen molar-refractivity contribution >= 4 is 34.9 Å². The van der Waals surface area contributed by atoms with E-state index < -0.39 is 5.91 Å². The second-order valence-corrected chi connectivity index (χ2v) is 7.98. The molecule has 0 bridgehead atoms. The van der Waals surface area contributed by atoms with E-state index in [2.05, 4.69) is 31.7 Å². The van der Waals surface area contributed by atoms with Gasteiger partial charge in [0.25, 0.3) is 5.91 Å². The monoisotopic (exact) mass is 461 g/mol. The van der Waals surface area contributed by atoms with Crippen molar-refractivity contribution in [2.45, 2.75) is 10.2 Å². The second-order valence-electron chi connectivity index (χ2n) is 6.58. The van der Waals surface area contributed by atoms with E-state index >= 15 is 0 Å². The average Bonchev–Trinajstić information content (AvgIpc) is 3.49. The van der Waals surface area contributed by atoms with Crippen LogP contribution in [0.2, 0.25) is 5.02 Å². The number of H-pyrrole nitrogens is 1. The molecule has 1 amide bonds. The van der Waals surface area contributed by atoms with Crippen LogP contribution in [0.4, 0.5) is 0 Å². The van der Waals surface area contributed by atoms with Crippen molar-refractivity contribution in [1.82, 2.24) is 34.8 Å². The average molecular weight is 462 g/mol. The number of halogens is 1. The normalized spacial score (nSPS) is 11.0. The summed E-state index contributed by atoms with van der Waals surface area (Å²) < 4.78 is 3.06. The highest BCUT2D eigenvalue weighted by Gasteiger charge is 2.27. The van der Waals surface area contributed by atoms with Crippen molar-refractivity contribution in [3.8, 4) is 23.1 Å². The molecular formula is C20H12ClN9OS. The number of carbonyl (C=O) groups is 1. The van der Waals surface area contributed by atoms with Gasteiger partial charge in [-0.25, -0.2) is 9.50 Å². The molecule has 0 aliphatic heterocycles. The Morgan fingerprint density at radius 3 is 2.72 bits per heavy atom. The number of hydrogen-bond donors (Lipinski definition) is 2. The summed E-state index contributed by atoms with van der Waals surface area (Å²) in [4.78, 5) is 16.7. The quantitative estimate of drug-likeness (QED) is 0.409. The molecule has 3 N–H and O–H groups in total. The lowest BCUT2D eigenvalue weighted by atomic mass is 10.2. The summed E-state index contributed by atoms with van der Waals surface area (Å²) in [5, 5.41) is 26.1. The SMILES string of the molecule is N#Cc1c(C(N)=O)c2nc(-c3cccc(Cl)c3)[nH]n2c1Sc1nnnn1-c1ccccc1. The van der Waals surface area contributed by atoms with Crippen LogP contribution >= 0.6 is 23.4 Å². The Morgan fingerprint density at radius 1 is 1.19 bits per heavy atom. The number of aromatic nitrogens is 7. The van der Waals surface area contributed by atoms with Crippen LogP contribution in [0.3, 0.4) is 0 Å². The number of fused-ring (bicyclic) bond motifs is 1. The van der Waals surface area contributed by atoms with Crippen molar-refractivity contribution < 1.29 is 4.79 Å². The Bertz CT molecular complexity index is 1510. The van der Waals surface area contributed by atoms with E-state index in [0.29, 0.717) is 26.6 Å². The number of aromatic amines is 1. The fraction of sp³-hybridized carbons (Fsp3) is 0. The van der Waals surface area contributed by atoms with E-state index in [4.69, 9.17) is 17.3 Å². The highest BCUT2D eigenvalue weighted by atomic mass is 35.5. The van der Waals surface area contributed by atoms with Crippen molar-refractivity contribution in [3.05, 3.63) is 70.7 Å². The summed E-state index contributed by atoms with van der Waals surface area (Å²) >= 11 is 7.21. The van der Waals surface area contributed by atoms with E-state index in [9.17, 15) is 10.1 Å². The highest BCUT2D eigenvalue weighted by Crippen LogP contribution is 2.35. The molecule has 0 saturated heterocycles. The first-order chi connectivity index (χ1) is 15.6. The van der Waals surface area contributed by atoms with Crippen LogP contribution < -0.4 is 5.73 Å². The summed E-state index contributed by atoms with van der Waals surface area (Å²) in [6, 6.07) is 18.4. The molecule has 12 heteroatoms. The predicted octanol–water partition coefficient (Wildman–Crippen LogP) is 3.08. The Morgan fingerprint density at radius 2 is 2.00 bits per heavy atom. The lowest BCUT2D eigenvalue weighted by molar-refractivity contribution is 0.100. The summed E-state index contributed by atoms with van der Waals surface area (Å²) in [6.45, 7) is 0. The Balaban J connectivity index is 1.69. The maximum atomic E-state index is 12.2. The van der Waals surface area contributed by atoms with Crippen LogP contribution in [0.1, 0.15) is 15.9 Å². The van der Waals surface area contributed by atoms with Gasteiger partial charge in [0.05, 0.1) is 5.69 Å². The number of benzene rings is 2. The smallest absolute Gasteiger partial charge is 0.254 e. The number of para-hydroxylation sites is 1. The molecule has 0 unspecified atom stereocenters. The number of nitrogens with zero attached hydrogens (tertiary/aromatic N) is 7. The number of tetrazole rings is 1. The molecule has 0 aliphatic rings. The van der Waals surface area contributed by atoms with E-state index in [-0.39, 0.29) is 16.8 Å². The van der Waals surface area contributed by atoms with Crippen LogP contribution in [-0.4, -0.2) is 40.7 Å². The molecule has 0 aliphatic carbocycles. The molecule has 5 rings (SSSR count). The number of nitrogens with one attached hydrogen (secondary N) is 1. The summed E-state index contributed by atoms with van der Waals surface area (Å²) in [5.41, 5.74) is 7.38. The van der Waals surface area contributed by atoms with Gasteiger partial charge in [0.1, 0.15) is 22.2 Å². The molecule has 3 heterocycles. The number of carbonyl (C=O) groups excluding carboxylic acids is 1. The fourth-order valence-electron chi connectivity index (χ4n) is 3.24. The van der Waals surface area contributed by atoms with Crippen LogP contribution in [-0.2, 0) is 0 Å². The molecule has 0 atom stereocenters. The maximum absolute atomic E-state index is 12.2. The van der Waals surface area contributed by atoms with E-state index in [1.807, 2.05) is 36.4 Å². The zero-order valence-corrected chi connectivity index (χ0v) is 17.7. The summed E-state index contributed by atoms with van der Waals surface area (Å²) in [7, 11) is 0. The molecule has 156 valence electrons. The summed E-state index contributed by atoms with van der Waals surface area (Å²) in [5.74, 6) is -0.309. The van der Waals surface area contributed by atoms with Crippen molar-refractivity contribution in [2.75, 3.05) is 0 Å². The Labute approximate surface area is 189 Å². The number of primary amides is 1. The zero-order valence-electron chi connectivity index (χ0n) is 16.1. The van der Waals surface area contributed by atoms with Gasteiger partial charge in [-0.15, -0.1) is 5.10 Å². The van der Waals surface area contributed by atoms with Crippen LogP contribution in [0.25, 0.3) is 22.7 Å². The standard InChI is InChI=1S/C20H12ClN9OS/c21-12-6-4-5-11(9-12)17-24-18-15(16(23)31)14(10-22)19(30(18)26-17)32-20-25-27-28-29(20)13-7-2-1-3-8-13/h1-9H,(H2,23,31)(H,24,26). The largest absolute Gasteiger partial charge is 0.365 e. The molecular weight excluding hydrogens is 450 g/mol. The Kier molecular flexibility index (Phi) is 4.85. The predicted molar refractivity (Wildman–Crippen MR) is 116 cm³/mol. The van der Waals surface area contributed by atoms with Gasteiger partial charge < -0.3 is 5.73 Å². The zero-order chi connectivity index (χ0) is 22.2. The molecule has 3 aromatic heterocycles. The van der Waals surface area contributed by atoms with Gasteiger partial charge in [-0.2, -0.15) is 9.94 Å². The third kappa shape index (κ3) is 3.27. The van der Waals surface area contributed by atoms with Crippen molar-refractivity contribution in [2.24, 2.45) is 5.73 Å². The molecule has 10 nitrogen and oxygen atoms in total. The van der Waals surface area contributed by atoms with Crippen molar-refractivity contribution in [1.29, 1.82) is 5.26 Å². The van der Waals surface area contributed by atoms with Gasteiger partial charge in [-0.1, -0.05) is 41.9 Å². The first kappa shape index (κ1) is 19.8. The van der Waals surface area contributed by atoms with Gasteiger partial charge in [0, 0.05) is 10.6 Å². The first-order valence-corrected chi connectivity index (χ1v) is 10.4. The number of nitrogens with two attached hydrogens (primary N) is 1. The summed E-state index contributed by atoms with van der Waals surface area (Å²) in [6.07, 6.45) is 0. The minimum absolute atomic E-state index is 0.0123. The topological polar surface area (TPSA) is 144 Å². The van der Waals surface area contributed by atoms with Gasteiger partial charge in [-0.3, -0.25) is 9.89 Å². The van der Waals surface area contributed by atoms with Crippen LogP contribution in [0.15, 0.2) is 64.8 Å². The fourth-order valence-corrected chi connectivity index (χ4v) is 4.39. The number of hydrogen-bond acceptors (Lipinski definition) is 7. The highest BCUT2D eigenvalue weighted by molar-refractivity contribution is 7.99. The lowest BCUT2D eigenvalue weighted by Crippen LogP contribution is -2.12. The van der Waals surface area contributed by atoms with E-state index in [1.165, 1.54) is 9.20 Å². The molecule has 0 fully saturated rings. The first-order valence-electron chi connectivity index (χ1n) is 9.18. The van der Waals surface area contributed by atoms with Crippen LogP contribution in [0, 0.1) is 11.3 Å². The third-order valence-electron chi connectivity index (χ3n) is 4.62. The maximum Gasteiger partial charge on any atom is 0.254 e. The van der Waals surface area contributed by atoms with Crippen molar-refractivity contribution in [3.63, 3.8) is 0 Å². The molecule has 32 heavy (non-hydrogen) atoms. The molecule has 2 aromatic carbocycles. The molecule has 0 saturated carbocycles. The lowest BCUT2D eigenvalue weighted by Gasteiger charge is -2.04. The number of rotatable bonds is 5. The number of amides is 1. The minimum Gasteiger partial charge on any atom is -0.365 e. The minimum atomic E-state index is -0.766. The number of nitriles is 1. The third-order valence-corrected chi connectivity index (χ3v) is 5.88. The van der Waals surface area contributed by atoms with Gasteiger partial charge >= 0.3 is 0 Å². The Hall–Kier alpha value is -4.14. The van der Waals surface area contributed by atoms with Gasteiger partial charge in [0.15, 0.2) is 11.5 Å². The molecule has 5 aromatic rings. The van der Waals surface area contributed by atoms with Crippen LogP contribution in [0.5, 0.6) is 0 Å².